The van der Waals surface area contributed by atoms with Crippen molar-refractivity contribution >= 4 is 22.6 Å². The van der Waals surface area contributed by atoms with Crippen molar-refractivity contribution in [3.63, 3.8) is 0 Å². The number of pyridine rings is 1. The van der Waals surface area contributed by atoms with E-state index in [1.54, 1.807) is 23.0 Å². The van der Waals surface area contributed by atoms with Gasteiger partial charge in [-0.25, -0.2) is 9.67 Å². The molecule has 0 aliphatic rings. The van der Waals surface area contributed by atoms with Crippen molar-refractivity contribution in [3.8, 4) is 5.69 Å². The van der Waals surface area contributed by atoms with E-state index in [2.05, 4.69) is 10.3 Å². The van der Waals surface area contributed by atoms with E-state index in [0.29, 0.717) is 16.7 Å². The third-order valence-electron chi connectivity index (χ3n) is 5.47. The Morgan fingerprint density at radius 3 is 2.37 bits per heavy atom. The highest BCUT2D eigenvalue weighted by atomic mass is 16.2. The summed E-state index contributed by atoms with van der Waals surface area (Å²) < 4.78 is 3.18. The number of nitrogens with one attached hydrogen (secondary N) is 1. The van der Waals surface area contributed by atoms with E-state index < -0.39 is 0 Å². The first-order chi connectivity index (χ1) is 14.4. The van der Waals surface area contributed by atoms with E-state index in [1.807, 2.05) is 64.1 Å². The summed E-state index contributed by atoms with van der Waals surface area (Å²) in [5.74, 6) is -0.215. The Morgan fingerprint density at radius 2 is 1.67 bits per heavy atom. The summed E-state index contributed by atoms with van der Waals surface area (Å²) in [6.07, 6.45) is 1.63. The molecule has 30 heavy (non-hydrogen) atoms. The molecule has 4 rings (SSSR count). The van der Waals surface area contributed by atoms with E-state index in [0.717, 1.165) is 27.9 Å². The molecule has 0 fully saturated rings. The number of hydrogen-bond acceptors (Lipinski definition) is 3. The molecule has 152 valence electrons. The summed E-state index contributed by atoms with van der Waals surface area (Å²) in [4.78, 5) is 30.5. The molecule has 0 unspecified atom stereocenters. The first-order valence-corrected chi connectivity index (χ1v) is 9.87. The summed E-state index contributed by atoms with van der Waals surface area (Å²) >= 11 is 0. The zero-order valence-corrected chi connectivity index (χ0v) is 17.6. The molecule has 0 saturated carbocycles. The number of amides is 1. The number of carbonyl (C=O) groups is 1. The smallest absolute Gasteiger partial charge is 0.280 e. The van der Waals surface area contributed by atoms with Gasteiger partial charge in [-0.1, -0.05) is 24.3 Å². The maximum Gasteiger partial charge on any atom is 0.280 e. The van der Waals surface area contributed by atoms with Crippen LogP contribution in [0.3, 0.4) is 0 Å². The fraction of sp³-hybridized carbons (Fsp3) is 0.208. The third kappa shape index (κ3) is 3.41. The van der Waals surface area contributed by atoms with E-state index in [4.69, 9.17) is 0 Å². The van der Waals surface area contributed by atoms with E-state index >= 15 is 0 Å². The third-order valence-corrected chi connectivity index (χ3v) is 5.47. The van der Waals surface area contributed by atoms with Crippen molar-refractivity contribution in [3.05, 3.63) is 87.3 Å². The largest absolute Gasteiger partial charge is 0.324 e. The minimum Gasteiger partial charge on any atom is -0.324 e. The Labute approximate surface area is 174 Å². The number of para-hydroxylation sites is 1. The molecule has 0 bridgehead atoms. The highest BCUT2D eigenvalue weighted by molar-refractivity contribution is 5.93. The second-order valence-electron chi connectivity index (χ2n) is 7.63. The van der Waals surface area contributed by atoms with E-state index in [9.17, 15) is 9.59 Å². The number of hydrogen-bond donors (Lipinski definition) is 1. The highest BCUT2D eigenvalue weighted by Gasteiger charge is 2.18. The number of benzene rings is 2. The Hall–Kier alpha value is -3.67. The monoisotopic (exact) mass is 400 g/mol. The van der Waals surface area contributed by atoms with Crippen LogP contribution in [-0.4, -0.2) is 20.3 Å². The Kier molecular flexibility index (Phi) is 4.99. The van der Waals surface area contributed by atoms with Gasteiger partial charge in [0, 0.05) is 11.9 Å². The first-order valence-electron chi connectivity index (χ1n) is 9.87. The van der Waals surface area contributed by atoms with Crippen LogP contribution in [0.15, 0.2) is 59.5 Å². The number of aryl methyl sites for hydroxylation is 4. The zero-order valence-electron chi connectivity index (χ0n) is 17.6. The van der Waals surface area contributed by atoms with Crippen LogP contribution in [0.25, 0.3) is 16.7 Å². The molecule has 0 atom stereocenters. The van der Waals surface area contributed by atoms with Crippen molar-refractivity contribution in [2.75, 3.05) is 5.32 Å². The van der Waals surface area contributed by atoms with Gasteiger partial charge in [0.05, 0.1) is 11.1 Å². The van der Waals surface area contributed by atoms with Crippen LogP contribution in [0.1, 0.15) is 22.3 Å². The van der Waals surface area contributed by atoms with Gasteiger partial charge in [-0.15, -0.1) is 0 Å². The van der Waals surface area contributed by atoms with Crippen LogP contribution in [0, 0.1) is 27.7 Å². The highest BCUT2D eigenvalue weighted by Crippen LogP contribution is 2.20. The van der Waals surface area contributed by atoms with Crippen LogP contribution in [0.5, 0.6) is 0 Å². The number of anilines is 1. The number of nitrogens with zero attached hydrogens (tertiary/aromatic N) is 3. The Morgan fingerprint density at radius 1 is 0.933 bits per heavy atom. The average Bonchev–Trinajstić information content (AvgIpc) is 2.99. The quantitative estimate of drug-likeness (QED) is 0.562. The van der Waals surface area contributed by atoms with Gasteiger partial charge >= 0.3 is 0 Å². The van der Waals surface area contributed by atoms with Crippen molar-refractivity contribution in [2.45, 2.75) is 34.2 Å². The molecule has 0 saturated heterocycles. The maximum atomic E-state index is 13.2. The van der Waals surface area contributed by atoms with Crippen molar-refractivity contribution < 1.29 is 4.79 Å². The standard InChI is InChI=1S/C24H24N4O2/c1-15-10-11-19(13-18(15)4)28-24(30)20-9-6-12-25-23(20)27(28)14-21(29)26-22-16(2)7-5-8-17(22)3/h5-13H,14H2,1-4H3,(H,26,29). The molecule has 2 aromatic carbocycles. The van der Waals surface area contributed by atoms with Gasteiger partial charge in [-0.3, -0.25) is 14.3 Å². The molecule has 1 N–H and O–H groups in total. The van der Waals surface area contributed by atoms with Crippen LogP contribution in [0.4, 0.5) is 5.69 Å². The van der Waals surface area contributed by atoms with Crippen LogP contribution < -0.4 is 10.9 Å². The molecule has 6 heteroatoms. The minimum atomic E-state index is -0.215. The summed E-state index contributed by atoms with van der Waals surface area (Å²) in [7, 11) is 0. The van der Waals surface area contributed by atoms with Crippen LogP contribution >= 0.6 is 0 Å². The van der Waals surface area contributed by atoms with E-state index in [1.165, 1.54) is 4.68 Å². The number of rotatable bonds is 4. The molecule has 0 aliphatic heterocycles. The molecule has 0 spiro atoms. The summed E-state index contributed by atoms with van der Waals surface area (Å²) in [6, 6.07) is 15.2. The molecule has 2 aromatic heterocycles. The fourth-order valence-corrected chi connectivity index (χ4v) is 3.67. The van der Waals surface area contributed by atoms with Crippen LogP contribution in [0.2, 0.25) is 0 Å². The molecule has 0 aliphatic carbocycles. The Balaban J connectivity index is 1.81. The van der Waals surface area contributed by atoms with Gasteiger partial charge < -0.3 is 5.32 Å². The lowest BCUT2D eigenvalue weighted by Gasteiger charge is -2.15. The number of aromatic nitrogens is 3. The Bertz CT molecular complexity index is 1310. The molecular formula is C24H24N4O2. The predicted molar refractivity (Wildman–Crippen MR) is 119 cm³/mol. The molecular weight excluding hydrogens is 376 g/mol. The topological polar surface area (TPSA) is 68.9 Å². The lowest BCUT2D eigenvalue weighted by Crippen LogP contribution is -2.27. The van der Waals surface area contributed by atoms with Gasteiger partial charge in [0.15, 0.2) is 5.65 Å². The number of carbonyl (C=O) groups excluding carboxylic acids is 1. The molecule has 6 nitrogen and oxygen atoms in total. The summed E-state index contributed by atoms with van der Waals surface area (Å²) in [5, 5.41) is 3.48. The second kappa shape index (κ2) is 7.63. The summed E-state index contributed by atoms with van der Waals surface area (Å²) in [6.45, 7) is 7.91. The molecule has 1 amide bonds. The normalized spacial score (nSPS) is 11.1. The van der Waals surface area contributed by atoms with Crippen molar-refractivity contribution in [2.24, 2.45) is 0 Å². The van der Waals surface area contributed by atoms with Gasteiger partial charge in [-0.2, -0.15) is 0 Å². The second-order valence-corrected chi connectivity index (χ2v) is 7.63. The van der Waals surface area contributed by atoms with Gasteiger partial charge in [0.25, 0.3) is 5.56 Å². The SMILES string of the molecule is Cc1ccc(-n2c(=O)c3cccnc3n2CC(=O)Nc2c(C)cccc2C)cc1C. The molecule has 2 heterocycles. The lowest BCUT2D eigenvalue weighted by atomic mass is 10.1. The zero-order chi connectivity index (χ0) is 21.4. The van der Waals surface area contributed by atoms with Gasteiger partial charge in [0.1, 0.15) is 6.54 Å². The summed E-state index contributed by atoms with van der Waals surface area (Å²) in [5.41, 5.74) is 5.99. The van der Waals surface area contributed by atoms with Crippen molar-refractivity contribution in [1.82, 2.24) is 14.3 Å². The van der Waals surface area contributed by atoms with Gasteiger partial charge in [-0.05, 0) is 74.2 Å². The maximum absolute atomic E-state index is 13.2. The fourth-order valence-electron chi connectivity index (χ4n) is 3.67. The van der Waals surface area contributed by atoms with Crippen LogP contribution in [-0.2, 0) is 11.3 Å². The lowest BCUT2D eigenvalue weighted by molar-refractivity contribution is -0.117. The minimum absolute atomic E-state index is 0.0313. The molecule has 4 aromatic rings. The first kappa shape index (κ1) is 19.6. The molecule has 0 radical (unpaired) electrons. The average molecular weight is 400 g/mol. The van der Waals surface area contributed by atoms with E-state index in [-0.39, 0.29) is 18.0 Å². The van der Waals surface area contributed by atoms with Gasteiger partial charge in [0.2, 0.25) is 5.91 Å². The van der Waals surface area contributed by atoms with Crippen molar-refractivity contribution in [1.29, 1.82) is 0 Å². The number of fused-ring (bicyclic) bond motifs is 1. The predicted octanol–water partition coefficient (Wildman–Crippen LogP) is 4.06.